The maximum Gasteiger partial charge on any atom is 0.255 e. The molecule has 0 fully saturated rings. The second-order valence-electron chi connectivity index (χ2n) is 5.81. The summed E-state index contributed by atoms with van der Waals surface area (Å²) >= 11 is 1.52. The van der Waals surface area contributed by atoms with E-state index in [1.165, 1.54) is 11.3 Å². The average molecular weight is 337 g/mol. The molecule has 0 aliphatic carbocycles. The molecular weight excluding hydrogens is 322 g/mol. The molecule has 7 heteroatoms. The van der Waals surface area contributed by atoms with Crippen LogP contribution in [0.25, 0.3) is 21.3 Å². The van der Waals surface area contributed by atoms with Crippen molar-refractivity contribution in [3.8, 4) is 0 Å². The summed E-state index contributed by atoms with van der Waals surface area (Å²) in [4.78, 5) is 21.1. The van der Waals surface area contributed by atoms with Gasteiger partial charge in [0.05, 0.1) is 33.8 Å². The summed E-state index contributed by atoms with van der Waals surface area (Å²) in [7, 11) is 0. The molecule has 4 rings (SSSR count). The van der Waals surface area contributed by atoms with Crippen molar-refractivity contribution in [1.29, 1.82) is 0 Å². The number of fused-ring (bicyclic) bond motifs is 2. The summed E-state index contributed by atoms with van der Waals surface area (Å²) in [6.45, 7) is 4.11. The molecule has 24 heavy (non-hydrogen) atoms. The first kappa shape index (κ1) is 14.8. The van der Waals surface area contributed by atoms with Gasteiger partial charge in [-0.2, -0.15) is 5.10 Å². The fourth-order valence-electron chi connectivity index (χ4n) is 2.59. The van der Waals surface area contributed by atoms with Crippen LogP contribution in [-0.2, 0) is 0 Å². The van der Waals surface area contributed by atoms with E-state index in [4.69, 9.17) is 0 Å². The van der Waals surface area contributed by atoms with E-state index in [1.807, 2.05) is 22.9 Å². The van der Waals surface area contributed by atoms with Crippen LogP contribution in [0.3, 0.4) is 0 Å². The monoisotopic (exact) mass is 337 g/mol. The molecule has 0 atom stereocenters. The van der Waals surface area contributed by atoms with Crippen molar-refractivity contribution in [2.24, 2.45) is 0 Å². The van der Waals surface area contributed by atoms with Crippen LogP contribution in [-0.4, -0.2) is 25.7 Å². The number of benzene rings is 1. The van der Waals surface area contributed by atoms with Crippen LogP contribution in [0.5, 0.6) is 0 Å². The van der Waals surface area contributed by atoms with E-state index in [-0.39, 0.29) is 11.9 Å². The molecule has 0 unspecified atom stereocenters. The molecule has 3 aromatic heterocycles. The number of nitrogens with zero attached hydrogens (tertiary/aromatic N) is 4. The van der Waals surface area contributed by atoms with Crippen molar-refractivity contribution < 1.29 is 4.79 Å². The third-order valence-electron chi connectivity index (χ3n) is 3.77. The standard InChI is InChI=1S/C17H15N5OS/c1-10(2)22-16-12(7-20-22)5-13(8-18-16)21-17(23)11-3-4-14-15(6-11)24-9-19-14/h3-10H,1-2H3,(H,21,23). The van der Waals surface area contributed by atoms with Crippen molar-refractivity contribution in [1.82, 2.24) is 19.7 Å². The van der Waals surface area contributed by atoms with Crippen LogP contribution in [0.1, 0.15) is 30.2 Å². The first-order valence-corrected chi connectivity index (χ1v) is 8.47. The number of hydrogen-bond acceptors (Lipinski definition) is 5. The topological polar surface area (TPSA) is 72.7 Å². The van der Waals surface area contributed by atoms with Gasteiger partial charge in [-0.15, -0.1) is 11.3 Å². The van der Waals surface area contributed by atoms with Gasteiger partial charge in [-0.1, -0.05) is 0 Å². The summed E-state index contributed by atoms with van der Waals surface area (Å²) in [5.41, 5.74) is 4.75. The smallest absolute Gasteiger partial charge is 0.255 e. The van der Waals surface area contributed by atoms with E-state index in [9.17, 15) is 4.79 Å². The lowest BCUT2D eigenvalue weighted by atomic mass is 10.2. The molecule has 1 amide bonds. The fourth-order valence-corrected chi connectivity index (χ4v) is 3.30. The molecule has 0 saturated heterocycles. The number of anilines is 1. The van der Waals surface area contributed by atoms with E-state index in [2.05, 4.69) is 34.2 Å². The number of carbonyl (C=O) groups is 1. The molecule has 0 aliphatic rings. The highest BCUT2D eigenvalue weighted by Crippen LogP contribution is 2.22. The molecule has 4 aromatic rings. The molecule has 3 heterocycles. The highest BCUT2D eigenvalue weighted by molar-refractivity contribution is 7.16. The van der Waals surface area contributed by atoms with Gasteiger partial charge in [-0.25, -0.2) is 14.6 Å². The van der Waals surface area contributed by atoms with Gasteiger partial charge < -0.3 is 5.32 Å². The lowest BCUT2D eigenvalue weighted by Crippen LogP contribution is -2.12. The normalized spacial score (nSPS) is 11.5. The predicted molar refractivity (Wildman–Crippen MR) is 95.5 cm³/mol. The summed E-state index contributed by atoms with van der Waals surface area (Å²) in [6, 6.07) is 7.61. The van der Waals surface area contributed by atoms with Crippen LogP contribution < -0.4 is 5.32 Å². The maximum absolute atomic E-state index is 12.5. The van der Waals surface area contributed by atoms with E-state index in [0.717, 1.165) is 21.3 Å². The molecule has 0 radical (unpaired) electrons. The Morgan fingerprint density at radius 2 is 2.08 bits per heavy atom. The number of carbonyl (C=O) groups excluding carboxylic acids is 1. The van der Waals surface area contributed by atoms with Crippen molar-refractivity contribution in [2.75, 3.05) is 5.32 Å². The van der Waals surface area contributed by atoms with Gasteiger partial charge in [0, 0.05) is 17.0 Å². The minimum Gasteiger partial charge on any atom is -0.321 e. The third-order valence-corrected chi connectivity index (χ3v) is 4.57. The molecule has 120 valence electrons. The summed E-state index contributed by atoms with van der Waals surface area (Å²) in [5, 5.41) is 8.13. The Bertz CT molecular complexity index is 1050. The number of rotatable bonds is 3. The Morgan fingerprint density at radius 1 is 1.21 bits per heavy atom. The summed E-state index contributed by atoms with van der Waals surface area (Å²) < 4.78 is 2.85. The predicted octanol–water partition coefficient (Wildman–Crippen LogP) is 3.87. The van der Waals surface area contributed by atoms with Gasteiger partial charge in [0.15, 0.2) is 5.65 Å². The van der Waals surface area contributed by atoms with Gasteiger partial charge in [-0.05, 0) is 38.1 Å². The van der Waals surface area contributed by atoms with Gasteiger partial charge in [-0.3, -0.25) is 4.79 Å². The molecule has 1 aromatic carbocycles. The number of hydrogen-bond donors (Lipinski definition) is 1. The number of nitrogens with one attached hydrogen (secondary N) is 1. The van der Waals surface area contributed by atoms with Crippen molar-refractivity contribution in [3.63, 3.8) is 0 Å². The van der Waals surface area contributed by atoms with E-state index < -0.39 is 0 Å². The Morgan fingerprint density at radius 3 is 2.92 bits per heavy atom. The van der Waals surface area contributed by atoms with Gasteiger partial charge in [0.2, 0.25) is 0 Å². The number of thiazole rings is 1. The van der Waals surface area contributed by atoms with Gasteiger partial charge in [0.1, 0.15) is 0 Å². The molecule has 0 aliphatic heterocycles. The van der Waals surface area contributed by atoms with Crippen molar-refractivity contribution in [3.05, 3.63) is 47.7 Å². The Hall–Kier alpha value is -2.80. The second kappa shape index (κ2) is 5.68. The lowest BCUT2D eigenvalue weighted by molar-refractivity contribution is 0.102. The maximum atomic E-state index is 12.5. The molecule has 1 N–H and O–H groups in total. The summed E-state index contributed by atoms with van der Waals surface area (Å²) in [5.74, 6) is -0.164. The van der Waals surface area contributed by atoms with Crippen LogP contribution in [0, 0.1) is 0 Å². The number of pyridine rings is 1. The van der Waals surface area contributed by atoms with E-state index in [0.29, 0.717) is 11.3 Å². The SMILES string of the molecule is CC(C)n1ncc2cc(NC(=O)c3ccc4ncsc4c3)cnc21. The zero-order valence-electron chi connectivity index (χ0n) is 13.2. The molecular formula is C17H15N5OS. The largest absolute Gasteiger partial charge is 0.321 e. The average Bonchev–Trinajstić information content (AvgIpc) is 3.20. The molecule has 6 nitrogen and oxygen atoms in total. The summed E-state index contributed by atoms with van der Waals surface area (Å²) in [6.07, 6.45) is 3.42. The van der Waals surface area contributed by atoms with Crippen molar-refractivity contribution >= 4 is 44.2 Å². The zero-order chi connectivity index (χ0) is 16.7. The van der Waals surface area contributed by atoms with E-state index in [1.54, 1.807) is 24.0 Å². The first-order valence-electron chi connectivity index (χ1n) is 7.60. The van der Waals surface area contributed by atoms with E-state index >= 15 is 0 Å². The van der Waals surface area contributed by atoms with Crippen molar-refractivity contribution in [2.45, 2.75) is 19.9 Å². The lowest BCUT2D eigenvalue weighted by Gasteiger charge is -2.07. The highest BCUT2D eigenvalue weighted by Gasteiger charge is 2.11. The van der Waals surface area contributed by atoms with Crippen LogP contribution in [0.4, 0.5) is 5.69 Å². The van der Waals surface area contributed by atoms with Gasteiger partial charge in [0.25, 0.3) is 5.91 Å². The number of amides is 1. The van der Waals surface area contributed by atoms with Crippen LogP contribution in [0.15, 0.2) is 42.2 Å². The quantitative estimate of drug-likeness (QED) is 0.616. The van der Waals surface area contributed by atoms with Gasteiger partial charge >= 0.3 is 0 Å². The minimum absolute atomic E-state index is 0.164. The third kappa shape index (κ3) is 2.52. The Kier molecular flexibility index (Phi) is 3.50. The fraction of sp³-hybridized carbons (Fsp3) is 0.176. The molecule has 0 saturated carbocycles. The Labute approximate surface area is 142 Å². The minimum atomic E-state index is -0.164. The molecule has 0 bridgehead atoms. The van der Waals surface area contributed by atoms with Crippen LogP contribution >= 0.6 is 11.3 Å². The first-order chi connectivity index (χ1) is 11.6. The molecule has 0 spiro atoms. The zero-order valence-corrected chi connectivity index (χ0v) is 14.0. The Balaban J connectivity index is 1.62. The number of aromatic nitrogens is 4. The highest BCUT2D eigenvalue weighted by atomic mass is 32.1. The second-order valence-corrected chi connectivity index (χ2v) is 6.70. The van der Waals surface area contributed by atoms with Crippen LogP contribution in [0.2, 0.25) is 0 Å².